The number of nitrogens with one attached hydrogen (secondary N) is 2. The van der Waals surface area contributed by atoms with Crippen molar-refractivity contribution in [1.29, 1.82) is 0 Å². The van der Waals surface area contributed by atoms with Gasteiger partial charge in [0.2, 0.25) is 0 Å². The third-order valence-electron chi connectivity index (χ3n) is 5.58. The van der Waals surface area contributed by atoms with Crippen molar-refractivity contribution in [2.24, 2.45) is 10.4 Å². The minimum Gasteiger partial charge on any atom is -0.385 e. The number of aliphatic imine (C=N–C) groups is 1. The summed E-state index contributed by atoms with van der Waals surface area (Å²) in [4.78, 5) is 4.91. The third kappa shape index (κ3) is 7.07. The van der Waals surface area contributed by atoms with E-state index in [2.05, 4.69) is 23.8 Å². The van der Waals surface area contributed by atoms with Gasteiger partial charge in [-0.1, -0.05) is 6.42 Å². The summed E-state index contributed by atoms with van der Waals surface area (Å²) in [5.74, 6) is 0.959. The summed E-state index contributed by atoms with van der Waals surface area (Å²) >= 11 is 1.96. The van der Waals surface area contributed by atoms with Crippen LogP contribution in [0.1, 0.15) is 45.4 Å². The Labute approximate surface area is 174 Å². The van der Waals surface area contributed by atoms with Crippen LogP contribution in [-0.4, -0.2) is 63.5 Å². The lowest BCUT2D eigenvalue weighted by molar-refractivity contribution is 0.0771. The first kappa shape index (κ1) is 23.3. The summed E-state index contributed by atoms with van der Waals surface area (Å²) in [5.41, 5.74) is 0.369. The van der Waals surface area contributed by atoms with Crippen molar-refractivity contribution in [3.05, 3.63) is 0 Å². The molecule has 0 aromatic heterocycles. The average Bonchev–Trinajstić information content (AvgIpc) is 2.59. The predicted octanol–water partition coefficient (Wildman–Crippen LogP) is 3.28. The molecular formula is C18H36IN3O2S. The highest BCUT2D eigenvalue weighted by molar-refractivity contribution is 14.0. The summed E-state index contributed by atoms with van der Waals surface area (Å²) in [7, 11) is 1.79. The van der Waals surface area contributed by atoms with Crippen molar-refractivity contribution >= 4 is 41.7 Å². The zero-order chi connectivity index (χ0) is 17.3. The fourth-order valence-electron chi connectivity index (χ4n) is 3.51. The van der Waals surface area contributed by atoms with Crippen LogP contribution in [0.4, 0.5) is 0 Å². The highest BCUT2D eigenvalue weighted by atomic mass is 127. The summed E-state index contributed by atoms with van der Waals surface area (Å²) < 4.78 is 11.1. The van der Waals surface area contributed by atoms with Crippen molar-refractivity contribution in [2.45, 2.75) is 50.2 Å². The molecule has 0 atom stereocenters. The second-order valence-corrected chi connectivity index (χ2v) is 8.42. The molecule has 2 N–H and O–H groups in total. The molecule has 0 aromatic rings. The number of guanidine groups is 1. The van der Waals surface area contributed by atoms with E-state index < -0.39 is 0 Å². The highest BCUT2D eigenvalue weighted by Gasteiger charge is 2.36. The molecule has 0 unspecified atom stereocenters. The van der Waals surface area contributed by atoms with Gasteiger partial charge in [0.25, 0.3) is 0 Å². The average molecular weight is 485 g/mol. The second-order valence-electron chi connectivity index (χ2n) is 7.14. The van der Waals surface area contributed by atoms with Crippen LogP contribution in [0.15, 0.2) is 4.99 Å². The predicted molar refractivity (Wildman–Crippen MR) is 118 cm³/mol. The minimum atomic E-state index is 0. The van der Waals surface area contributed by atoms with Crippen LogP contribution in [0, 0.1) is 5.41 Å². The first-order valence-electron chi connectivity index (χ1n) is 9.32. The molecule has 7 heteroatoms. The number of hydrogen-bond acceptors (Lipinski definition) is 4. The Morgan fingerprint density at radius 1 is 1.20 bits per heavy atom. The zero-order valence-corrected chi connectivity index (χ0v) is 19.2. The molecule has 1 saturated heterocycles. The van der Waals surface area contributed by atoms with Gasteiger partial charge in [-0.05, 0) is 50.7 Å². The molecule has 1 heterocycles. The minimum absolute atomic E-state index is 0. The van der Waals surface area contributed by atoms with E-state index in [9.17, 15) is 0 Å². The monoisotopic (exact) mass is 485 g/mol. The topological polar surface area (TPSA) is 54.9 Å². The lowest BCUT2D eigenvalue weighted by Crippen LogP contribution is -2.48. The van der Waals surface area contributed by atoms with Gasteiger partial charge in [-0.3, -0.25) is 4.99 Å². The van der Waals surface area contributed by atoms with Gasteiger partial charge in [0.1, 0.15) is 0 Å². The van der Waals surface area contributed by atoms with E-state index >= 15 is 0 Å². The van der Waals surface area contributed by atoms with E-state index in [0.717, 1.165) is 64.7 Å². The fourth-order valence-corrected chi connectivity index (χ4v) is 4.30. The standard InChI is InChI=1S/C18H35N3O2S.HI/c1-4-19-16(20-14-17(6-5-7-17)8-11-22-2)21-15-18(24-3)9-12-23-13-10-18;/h4-15H2,1-3H3,(H2,19,20,21);1H. The molecule has 25 heavy (non-hydrogen) atoms. The van der Waals surface area contributed by atoms with Gasteiger partial charge in [0.05, 0.1) is 0 Å². The molecule has 2 aliphatic rings. The van der Waals surface area contributed by atoms with Crippen LogP contribution in [-0.2, 0) is 9.47 Å². The van der Waals surface area contributed by atoms with E-state index in [1.807, 2.05) is 11.8 Å². The van der Waals surface area contributed by atoms with Gasteiger partial charge < -0.3 is 20.1 Å². The first-order valence-corrected chi connectivity index (χ1v) is 10.5. The van der Waals surface area contributed by atoms with Crippen molar-refractivity contribution in [3.63, 3.8) is 0 Å². The SMILES string of the molecule is CCNC(=NCC1(CCOC)CCC1)NCC1(SC)CCOCC1.I. The lowest BCUT2D eigenvalue weighted by atomic mass is 9.67. The van der Waals surface area contributed by atoms with E-state index in [4.69, 9.17) is 14.5 Å². The van der Waals surface area contributed by atoms with Crippen LogP contribution < -0.4 is 10.6 Å². The van der Waals surface area contributed by atoms with Crippen LogP contribution in [0.5, 0.6) is 0 Å². The maximum atomic E-state index is 5.53. The van der Waals surface area contributed by atoms with Crippen molar-refractivity contribution in [3.8, 4) is 0 Å². The van der Waals surface area contributed by atoms with Gasteiger partial charge in [0.15, 0.2) is 5.96 Å². The molecule has 2 fully saturated rings. The third-order valence-corrected chi connectivity index (χ3v) is 7.00. The molecule has 0 aromatic carbocycles. The van der Waals surface area contributed by atoms with E-state index in [1.165, 1.54) is 19.3 Å². The van der Waals surface area contributed by atoms with Crippen molar-refractivity contribution in [1.82, 2.24) is 10.6 Å². The molecule has 1 aliphatic carbocycles. The molecule has 148 valence electrons. The maximum Gasteiger partial charge on any atom is 0.191 e. The lowest BCUT2D eigenvalue weighted by Gasteiger charge is -2.41. The maximum absolute atomic E-state index is 5.53. The van der Waals surface area contributed by atoms with Gasteiger partial charge in [-0.2, -0.15) is 11.8 Å². The molecule has 0 bridgehead atoms. The second kappa shape index (κ2) is 11.9. The molecule has 0 radical (unpaired) electrons. The number of thioether (sulfide) groups is 1. The van der Waals surface area contributed by atoms with E-state index in [0.29, 0.717) is 5.41 Å². The number of methoxy groups -OCH3 is 1. The Morgan fingerprint density at radius 2 is 1.92 bits per heavy atom. The van der Waals surface area contributed by atoms with Crippen LogP contribution >= 0.6 is 35.7 Å². The number of nitrogens with zero attached hydrogens (tertiary/aromatic N) is 1. The number of ether oxygens (including phenoxy) is 2. The van der Waals surface area contributed by atoms with Crippen LogP contribution in [0.3, 0.4) is 0 Å². The zero-order valence-electron chi connectivity index (χ0n) is 16.1. The van der Waals surface area contributed by atoms with Gasteiger partial charge >= 0.3 is 0 Å². The smallest absolute Gasteiger partial charge is 0.191 e. The van der Waals surface area contributed by atoms with E-state index in [-0.39, 0.29) is 28.7 Å². The Morgan fingerprint density at radius 3 is 2.44 bits per heavy atom. The summed E-state index contributed by atoms with van der Waals surface area (Å²) in [6.45, 7) is 7.46. The van der Waals surface area contributed by atoms with Gasteiger partial charge in [0, 0.05) is 51.3 Å². The first-order chi connectivity index (χ1) is 11.7. The number of rotatable bonds is 9. The number of halogens is 1. The Balaban J connectivity index is 0.00000312. The molecule has 1 saturated carbocycles. The largest absolute Gasteiger partial charge is 0.385 e. The Bertz CT molecular complexity index is 400. The highest BCUT2D eigenvalue weighted by Crippen LogP contribution is 2.44. The summed E-state index contributed by atoms with van der Waals surface area (Å²) in [5, 5.41) is 7.00. The molecule has 1 aliphatic heterocycles. The van der Waals surface area contributed by atoms with Crippen molar-refractivity contribution in [2.75, 3.05) is 52.8 Å². The molecular weight excluding hydrogens is 449 g/mol. The fraction of sp³-hybridized carbons (Fsp3) is 0.944. The normalized spacial score (nSPS) is 21.8. The molecule has 2 rings (SSSR count). The van der Waals surface area contributed by atoms with Crippen molar-refractivity contribution < 1.29 is 9.47 Å². The quantitative estimate of drug-likeness (QED) is 0.298. The molecule has 0 spiro atoms. The Hall–Kier alpha value is 0.270. The molecule has 0 amide bonds. The number of hydrogen-bond donors (Lipinski definition) is 2. The van der Waals surface area contributed by atoms with E-state index in [1.54, 1.807) is 7.11 Å². The summed E-state index contributed by atoms with van der Waals surface area (Å²) in [6, 6.07) is 0. The van der Waals surface area contributed by atoms with Crippen LogP contribution in [0.25, 0.3) is 0 Å². The molecule has 5 nitrogen and oxygen atoms in total. The Kier molecular flexibility index (Phi) is 11.1. The van der Waals surface area contributed by atoms with Crippen LogP contribution in [0.2, 0.25) is 0 Å². The summed E-state index contributed by atoms with van der Waals surface area (Å²) in [6.07, 6.45) is 9.45. The van der Waals surface area contributed by atoms with Gasteiger partial charge in [-0.15, -0.1) is 24.0 Å². The van der Waals surface area contributed by atoms with Gasteiger partial charge in [-0.25, -0.2) is 0 Å².